The summed E-state index contributed by atoms with van der Waals surface area (Å²) >= 11 is 0. The Morgan fingerprint density at radius 1 is 1.12 bits per heavy atom. The van der Waals surface area contributed by atoms with Gasteiger partial charge in [0.1, 0.15) is 5.75 Å². The van der Waals surface area contributed by atoms with E-state index in [0.29, 0.717) is 18.3 Å². The zero-order valence-electron chi connectivity index (χ0n) is 13.8. The summed E-state index contributed by atoms with van der Waals surface area (Å²) in [6.07, 6.45) is 4.51. The van der Waals surface area contributed by atoms with E-state index in [2.05, 4.69) is 17.1 Å². The van der Waals surface area contributed by atoms with Gasteiger partial charge in [0.05, 0.1) is 20.3 Å². The first kappa shape index (κ1) is 16.1. The molecule has 2 aromatic rings. The summed E-state index contributed by atoms with van der Waals surface area (Å²) in [6, 6.07) is 11.8. The topological polar surface area (TPSA) is 69.8 Å². The van der Waals surface area contributed by atoms with Crippen LogP contribution in [0.25, 0.3) is 0 Å². The highest BCUT2D eigenvalue weighted by molar-refractivity contribution is 5.28. The molecule has 1 aromatic heterocycles. The molecule has 0 bridgehead atoms. The molecule has 24 heavy (non-hydrogen) atoms. The van der Waals surface area contributed by atoms with Crippen LogP contribution in [-0.4, -0.2) is 30.8 Å². The smallest absolute Gasteiger partial charge is 0.212 e. The molecule has 1 atom stereocenters. The Morgan fingerprint density at radius 3 is 2.54 bits per heavy atom. The van der Waals surface area contributed by atoms with Crippen molar-refractivity contribution >= 4 is 0 Å². The number of hydrogen-bond donors (Lipinski definition) is 1. The van der Waals surface area contributed by atoms with Crippen molar-refractivity contribution in [2.45, 2.75) is 12.5 Å². The number of nitrogens with zero attached hydrogens (tertiary/aromatic N) is 2. The van der Waals surface area contributed by atoms with E-state index in [4.69, 9.17) is 20.0 Å². The van der Waals surface area contributed by atoms with Crippen molar-refractivity contribution < 1.29 is 14.3 Å². The Morgan fingerprint density at radius 2 is 1.92 bits per heavy atom. The van der Waals surface area contributed by atoms with Crippen LogP contribution in [0, 0.1) is 0 Å². The number of aromatic nitrogens is 1. The highest BCUT2D eigenvalue weighted by Crippen LogP contribution is 2.30. The molecule has 0 radical (unpaired) electrons. The lowest BCUT2D eigenvalue weighted by Crippen LogP contribution is -2.26. The van der Waals surface area contributed by atoms with Crippen LogP contribution in [0.5, 0.6) is 11.6 Å². The van der Waals surface area contributed by atoms with E-state index < -0.39 is 0 Å². The van der Waals surface area contributed by atoms with E-state index in [-0.39, 0.29) is 6.04 Å². The molecule has 0 aliphatic carbocycles. The van der Waals surface area contributed by atoms with E-state index in [9.17, 15) is 0 Å². The summed E-state index contributed by atoms with van der Waals surface area (Å²) in [7, 11) is 3.26. The summed E-state index contributed by atoms with van der Waals surface area (Å²) < 4.78 is 10.3. The molecule has 1 aromatic carbocycles. The number of hydroxylamine groups is 2. The molecule has 0 saturated carbocycles. The fourth-order valence-electron chi connectivity index (χ4n) is 2.63. The number of methoxy groups -OCH3 is 2. The summed E-state index contributed by atoms with van der Waals surface area (Å²) in [5, 5.41) is 1.86. The molecule has 1 unspecified atom stereocenters. The van der Waals surface area contributed by atoms with E-state index in [0.717, 1.165) is 17.7 Å². The van der Waals surface area contributed by atoms with Gasteiger partial charge in [-0.15, -0.1) is 5.06 Å². The summed E-state index contributed by atoms with van der Waals surface area (Å²) in [4.78, 5) is 9.89. The van der Waals surface area contributed by atoms with E-state index in [1.54, 1.807) is 20.4 Å². The number of pyridine rings is 1. The van der Waals surface area contributed by atoms with Gasteiger partial charge in [0.2, 0.25) is 11.8 Å². The molecule has 6 heteroatoms. The Bertz CT molecular complexity index is 698. The molecule has 126 valence electrons. The third-order valence-corrected chi connectivity index (χ3v) is 3.94. The van der Waals surface area contributed by atoms with Gasteiger partial charge >= 0.3 is 0 Å². The van der Waals surface area contributed by atoms with E-state index in [1.807, 2.05) is 35.4 Å². The van der Waals surface area contributed by atoms with Crippen molar-refractivity contribution in [3.05, 3.63) is 65.7 Å². The average Bonchev–Trinajstić information content (AvgIpc) is 3.01. The van der Waals surface area contributed by atoms with Gasteiger partial charge in [-0.3, -0.25) is 0 Å². The molecule has 2 N–H and O–H groups in total. The van der Waals surface area contributed by atoms with Gasteiger partial charge in [0.15, 0.2) is 0 Å². The largest absolute Gasteiger partial charge is 0.497 e. The third kappa shape index (κ3) is 3.60. The standard InChI is InChI=1S/C18H21N3O3/c1-22-15-6-3-13(4-7-15)9-10-21-16(11-17(19)24-21)14-5-8-18(23-2)20-12-14/h3-8,11-12,16H,9-10,19H2,1-2H3. The zero-order valence-corrected chi connectivity index (χ0v) is 13.8. The van der Waals surface area contributed by atoms with Crippen molar-refractivity contribution in [1.29, 1.82) is 0 Å². The number of hydrogen-bond acceptors (Lipinski definition) is 6. The van der Waals surface area contributed by atoms with Gasteiger partial charge in [-0.2, -0.15) is 0 Å². The Balaban J connectivity index is 1.67. The molecule has 3 rings (SSSR count). The predicted molar refractivity (Wildman–Crippen MR) is 90.3 cm³/mol. The maximum absolute atomic E-state index is 5.85. The second-order valence-electron chi connectivity index (χ2n) is 5.48. The predicted octanol–water partition coefficient (Wildman–Crippen LogP) is 2.43. The van der Waals surface area contributed by atoms with Crippen LogP contribution in [0.3, 0.4) is 0 Å². The first-order chi connectivity index (χ1) is 11.7. The summed E-state index contributed by atoms with van der Waals surface area (Å²) in [6.45, 7) is 0.709. The van der Waals surface area contributed by atoms with Crippen molar-refractivity contribution in [3.63, 3.8) is 0 Å². The highest BCUT2D eigenvalue weighted by Gasteiger charge is 2.27. The maximum Gasteiger partial charge on any atom is 0.212 e. The van der Waals surface area contributed by atoms with Gasteiger partial charge in [-0.25, -0.2) is 4.98 Å². The highest BCUT2D eigenvalue weighted by atomic mass is 16.7. The van der Waals surface area contributed by atoms with E-state index >= 15 is 0 Å². The molecular weight excluding hydrogens is 306 g/mol. The molecule has 6 nitrogen and oxygen atoms in total. The minimum absolute atomic E-state index is 0.0540. The lowest BCUT2D eigenvalue weighted by atomic mass is 10.1. The van der Waals surface area contributed by atoms with Crippen LogP contribution in [0.15, 0.2) is 54.6 Å². The molecule has 1 aliphatic heterocycles. The van der Waals surface area contributed by atoms with Crippen LogP contribution in [0.1, 0.15) is 17.2 Å². The molecular formula is C18H21N3O3. The monoisotopic (exact) mass is 327 g/mol. The number of rotatable bonds is 6. The minimum Gasteiger partial charge on any atom is -0.497 e. The van der Waals surface area contributed by atoms with Gasteiger partial charge in [-0.1, -0.05) is 18.2 Å². The fraction of sp³-hybridized carbons (Fsp3) is 0.278. The molecule has 1 aliphatic rings. The lowest BCUT2D eigenvalue weighted by Gasteiger charge is -2.22. The van der Waals surface area contributed by atoms with Gasteiger partial charge in [0.25, 0.3) is 0 Å². The van der Waals surface area contributed by atoms with Crippen LogP contribution >= 0.6 is 0 Å². The SMILES string of the molecule is COc1ccc(CCN2OC(N)=CC2c2ccc(OC)nc2)cc1. The van der Waals surface area contributed by atoms with Crippen molar-refractivity contribution in [1.82, 2.24) is 10.0 Å². The van der Waals surface area contributed by atoms with Crippen LogP contribution in [-0.2, 0) is 11.3 Å². The Kier molecular flexibility index (Phi) is 4.86. The Labute approximate surface area is 141 Å². The van der Waals surface area contributed by atoms with Gasteiger partial charge in [0, 0.05) is 24.9 Å². The van der Waals surface area contributed by atoms with Gasteiger partial charge in [-0.05, 0) is 29.7 Å². The molecule has 0 fully saturated rings. The second-order valence-corrected chi connectivity index (χ2v) is 5.48. The second kappa shape index (κ2) is 7.23. The van der Waals surface area contributed by atoms with Crippen molar-refractivity contribution in [3.8, 4) is 11.6 Å². The lowest BCUT2D eigenvalue weighted by molar-refractivity contribution is -0.118. The Hall–Kier alpha value is -2.73. The number of benzene rings is 1. The summed E-state index contributed by atoms with van der Waals surface area (Å²) in [5.74, 6) is 1.84. The van der Waals surface area contributed by atoms with Crippen LogP contribution in [0.2, 0.25) is 0 Å². The molecule has 0 spiro atoms. The van der Waals surface area contributed by atoms with E-state index in [1.165, 1.54) is 5.56 Å². The van der Waals surface area contributed by atoms with Gasteiger partial charge < -0.3 is 20.0 Å². The van der Waals surface area contributed by atoms with Crippen molar-refractivity contribution in [2.75, 3.05) is 20.8 Å². The maximum atomic E-state index is 5.85. The fourth-order valence-corrected chi connectivity index (χ4v) is 2.63. The third-order valence-electron chi connectivity index (χ3n) is 3.94. The number of ether oxygens (including phenoxy) is 2. The van der Waals surface area contributed by atoms with Crippen LogP contribution < -0.4 is 15.2 Å². The normalized spacial score (nSPS) is 17.2. The molecule has 0 saturated heterocycles. The minimum atomic E-state index is -0.0540. The first-order valence-electron chi connectivity index (χ1n) is 7.74. The van der Waals surface area contributed by atoms with Crippen LogP contribution in [0.4, 0.5) is 0 Å². The zero-order chi connectivity index (χ0) is 16.9. The summed E-state index contributed by atoms with van der Waals surface area (Å²) in [5.41, 5.74) is 8.06. The number of nitrogens with two attached hydrogens (primary N) is 1. The first-order valence-corrected chi connectivity index (χ1v) is 7.74. The molecule has 2 heterocycles. The average molecular weight is 327 g/mol. The molecule has 0 amide bonds. The quantitative estimate of drug-likeness (QED) is 0.879. The van der Waals surface area contributed by atoms with Crippen molar-refractivity contribution in [2.24, 2.45) is 5.73 Å².